The molecule has 120 valence electrons. The zero-order chi connectivity index (χ0) is 17.1. The number of carbonyl (C=O) groups excluding carboxylic acids is 2. The molecule has 0 aromatic heterocycles. The summed E-state index contributed by atoms with van der Waals surface area (Å²) in [7, 11) is 0. The lowest BCUT2D eigenvalue weighted by Gasteiger charge is -2.12. The number of amides is 2. The Bertz CT molecular complexity index is 862. The molecule has 1 saturated heterocycles. The Labute approximate surface area is 153 Å². The number of halogens is 2. The van der Waals surface area contributed by atoms with Crippen LogP contribution in [0.4, 0.5) is 10.5 Å². The molecule has 2 amide bonds. The van der Waals surface area contributed by atoms with Gasteiger partial charge in [0.25, 0.3) is 11.1 Å². The Balaban J connectivity index is 1.87. The monoisotopic (exact) mass is 375 g/mol. The van der Waals surface area contributed by atoms with Crippen LogP contribution in [0.25, 0.3) is 6.08 Å². The van der Waals surface area contributed by atoms with Crippen molar-refractivity contribution in [1.29, 1.82) is 0 Å². The molecule has 0 N–H and O–H groups in total. The molecule has 0 unspecified atom stereocenters. The molecule has 0 atom stereocenters. The van der Waals surface area contributed by atoms with Crippen LogP contribution in [0, 0.1) is 0 Å². The maximum Gasteiger partial charge on any atom is 0.298 e. The van der Waals surface area contributed by atoms with Gasteiger partial charge in [-0.1, -0.05) is 59.6 Å². The smallest absolute Gasteiger partial charge is 0.268 e. The van der Waals surface area contributed by atoms with E-state index in [0.717, 1.165) is 22.2 Å². The third-order valence-electron chi connectivity index (χ3n) is 3.23. The van der Waals surface area contributed by atoms with Gasteiger partial charge in [0.1, 0.15) is 0 Å². The average Bonchev–Trinajstić information content (AvgIpc) is 2.82. The van der Waals surface area contributed by atoms with E-state index in [4.69, 9.17) is 23.2 Å². The topological polar surface area (TPSA) is 37.4 Å². The zero-order valence-electron chi connectivity index (χ0n) is 12.3. The number of carbonyl (C=O) groups is 2. The predicted octanol–water partition coefficient (Wildman–Crippen LogP) is 5.70. The van der Waals surface area contributed by atoms with Gasteiger partial charge in [-0.05, 0) is 47.7 Å². The van der Waals surface area contributed by atoms with Crippen molar-refractivity contribution in [2.24, 2.45) is 0 Å². The van der Waals surface area contributed by atoms with Crippen molar-refractivity contribution in [2.75, 3.05) is 4.90 Å². The normalized spacial score (nSPS) is 17.0. The highest BCUT2D eigenvalue weighted by atomic mass is 35.5. The van der Waals surface area contributed by atoms with E-state index >= 15 is 0 Å². The molecule has 0 saturated carbocycles. The fourth-order valence-electron chi connectivity index (χ4n) is 2.18. The lowest BCUT2D eigenvalue weighted by Crippen LogP contribution is -2.27. The Morgan fingerprint density at radius 2 is 1.79 bits per heavy atom. The Hall–Kier alpha value is -2.01. The number of anilines is 1. The molecule has 3 nitrogen and oxygen atoms in total. The molecule has 1 fully saturated rings. The van der Waals surface area contributed by atoms with Crippen molar-refractivity contribution in [3.63, 3.8) is 0 Å². The van der Waals surface area contributed by atoms with E-state index in [1.807, 2.05) is 30.3 Å². The van der Waals surface area contributed by atoms with Gasteiger partial charge in [-0.2, -0.15) is 0 Å². The average molecular weight is 376 g/mol. The first kappa shape index (κ1) is 16.8. The van der Waals surface area contributed by atoms with Crippen molar-refractivity contribution < 1.29 is 9.59 Å². The minimum absolute atomic E-state index is 0.275. The molecule has 1 heterocycles. The van der Waals surface area contributed by atoms with Crippen LogP contribution in [0.3, 0.4) is 0 Å². The van der Waals surface area contributed by atoms with Crippen LogP contribution in [0.1, 0.15) is 5.56 Å². The van der Waals surface area contributed by atoms with Crippen molar-refractivity contribution in [3.05, 3.63) is 81.2 Å². The van der Waals surface area contributed by atoms with Crippen LogP contribution in [-0.4, -0.2) is 11.1 Å². The summed E-state index contributed by atoms with van der Waals surface area (Å²) in [6.45, 7) is 0. The number of imide groups is 1. The number of hydrogen-bond acceptors (Lipinski definition) is 3. The molecule has 2 aromatic rings. The van der Waals surface area contributed by atoms with E-state index in [1.54, 1.807) is 30.3 Å². The van der Waals surface area contributed by atoms with Crippen LogP contribution < -0.4 is 4.90 Å². The van der Waals surface area contributed by atoms with Gasteiger partial charge in [0.05, 0.1) is 10.6 Å². The van der Waals surface area contributed by atoms with Gasteiger partial charge in [0, 0.05) is 10.1 Å². The van der Waals surface area contributed by atoms with Crippen LogP contribution in [0.2, 0.25) is 5.02 Å². The first-order valence-electron chi connectivity index (χ1n) is 7.00. The van der Waals surface area contributed by atoms with Gasteiger partial charge in [-0.3, -0.25) is 9.59 Å². The van der Waals surface area contributed by atoms with E-state index < -0.39 is 5.91 Å². The number of hydrogen-bond donors (Lipinski definition) is 0. The largest absolute Gasteiger partial charge is 0.298 e. The summed E-state index contributed by atoms with van der Waals surface area (Å²) in [6, 6.07) is 16.1. The summed E-state index contributed by atoms with van der Waals surface area (Å²) in [4.78, 5) is 26.0. The lowest BCUT2D eigenvalue weighted by atomic mass is 10.2. The van der Waals surface area contributed by atoms with Crippen molar-refractivity contribution in [2.45, 2.75) is 0 Å². The third kappa shape index (κ3) is 3.73. The minimum Gasteiger partial charge on any atom is -0.268 e. The van der Waals surface area contributed by atoms with Crippen molar-refractivity contribution in [1.82, 2.24) is 0 Å². The Kier molecular flexibility index (Phi) is 5.09. The second kappa shape index (κ2) is 7.26. The predicted molar refractivity (Wildman–Crippen MR) is 100 cm³/mol. The zero-order valence-corrected chi connectivity index (χ0v) is 14.6. The van der Waals surface area contributed by atoms with Gasteiger partial charge in [0.15, 0.2) is 0 Å². The van der Waals surface area contributed by atoms with Gasteiger partial charge in [-0.25, -0.2) is 4.90 Å². The summed E-state index contributed by atoms with van der Waals surface area (Å²) < 4.78 is 0. The van der Waals surface area contributed by atoms with Crippen LogP contribution in [0.5, 0.6) is 0 Å². The maximum atomic E-state index is 12.5. The van der Waals surface area contributed by atoms with E-state index in [0.29, 0.717) is 15.7 Å². The molecular weight excluding hydrogens is 365 g/mol. The molecule has 1 aliphatic heterocycles. The molecule has 1 aliphatic rings. The lowest BCUT2D eigenvalue weighted by molar-refractivity contribution is -0.113. The highest BCUT2D eigenvalue weighted by Crippen LogP contribution is 2.36. The van der Waals surface area contributed by atoms with Crippen LogP contribution >= 0.6 is 35.0 Å². The number of rotatable bonds is 3. The van der Waals surface area contributed by atoms with Crippen molar-refractivity contribution >= 4 is 57.9 Å². The molecule has 0 spiro atoms. The number of nitrogens with zero attached hydrogens (tertiary/aromatic N) is 1. The molecule has 0 radical (unpaired) electrons. The minimum atomic E-state index is -0.410. The van der Waals surface area contributed by atoms with Crippen LogP contribution in [-0.2, 0) is 4.79 Å². The maximum absolute atomic E-state index is 12.5. The van der Waals surface area contributed by atoms with Gasteiger partial charge < -0.3 is 0 Å². The fraction of sp³-hybridized carbons (Fsp3) is 0. The van der Waals surface area contributed by atoms with E-state index in [9.17, 15) is 9.59 Å². The quantitative estimate of drug-likeness (QED) is 0.645. The summed E-state index contributed by atoms with van der Waals surface area (Å²) >= 11 is 13.0. The standard InChI is InChI=1S/C18H11Cl2NO2S/c19-13-7-4-8-15(10-13)21-17(22)16(24-18(21)23)11-14(20)9-12-5-2-1-3-6-12/h1-11H/b14-9-,16-11-. The SMILES string of the molecule is O=C1S/C(=C\C(Cl)=C\c2ccccc2)C(=O)N1c1cccc(Cl)c1. The summed E-state index contributed by atoms with van der Waals surface area (Å²) in [5.41, 5.74) is 1.35. The summed E-state index contributed by atoms with van der Waals surface area (Å²) in [5.74, 6) is -0.410. The Morgan fingerprint density at radius 1 is 1.04 bits per heavy atom. The number of benzene rings is 2. The number of thioether (sulfide) groups is 1. The molecule has 2 aromatic carbocycles. The van der Waals surface area contributed by atoms with Gasteiger partial charge in [0.2, 0.25) is 0 Å². The van der Waals surface area contributed by atoms with Gasteiger partial charge >= 0.3 is 0 Å². The van der Waals surface area contributed by atoms with E-state index in [2.05, 4.69) is 0 Å². The highest BCUT2D eigenvalue weighted by molar-refractivity contribution is 8.18. The molecule has 3 rings (SSSR count). The molecule has 0 aliphatic carbocycles. The molecule has 0 bridgehead atoms. The second-order valence-electron chi connectivity index (χ2n) is 4.94. The molecule has 24 heavy (non-hydrogen) atoms. The van der Waals surface area contributed by atoms with Crippen LogP contribution in [0.15, 0.2) is 70.6 Å². The fourth-order valence-corrected chi connectivity index (χ4v) is 3.50. The molecular formula is C18H11Cl2NO2S. The van der Waals surface area contributed by atoms with Gasteiger partial charge in [-0.15, -0.1) is 0 Å². The first-order valence-corrected chi connectivity index (χ1v) is 8.57. The highest BCUT2D eigenvalue weighted by Gasteiger charge is 2.36. The first-order chi connectivity index (χ1) is 11.5. The molecule has 6 heteroatoms. The number of allylic oxidation sites excluding steroid dienone is 2. The van der Waals surface area contributed by atoms with E-state index in [-0.39, 0.29) is 10.1 Å². The second-order valence-corrected chi connectivity index (χ2v) is 6.80. The summed E-state index contributed by atoms with van der Waals surface area (Å²) in [6.07, 6.45) is 3.24. The Morgan fingerprint density at radius 3 is 2.50 bits per heavy atom. The van der Waals surface area contributed by atoms with E-state index in [1.165, 1.54) is 6.08 Å². The van der Waals surface area contributed by atoms with Crippen molar-refractivity contribution in [3.8, 4) is 0 Å². The summed E-state index contributed by atoms with van der Waals surface area (Å²) in [5, 5.41) is 0.452. The third-order valence-corrected chi connectivity index (χ3v) is 4.56.